The molecule has 2 heterocycles. The van der Waals surface area contributed by atoms with Gasteiger partial charge in [0, 0.05) is 13.5 Å². The number of rotatable bonds is 6. The molecule has 0 aliphatic carbocycles. The predicted molar refractivity (Wildman–Crippen MR) is 74.0 cm³/mol. The molecule has 0 aliphatic rings. The van der Waals surface area contributed by atoms with Gasteiger partial charge in [-0.25, -0.2) is 4.98 Å². The minimum absolute atomic E-state index is 0.310. The average Bonchev–Trinajstić information content (AvgIpc) is 2.86. The summed E-state index contributed by atoms with van der Waals surface area (Å²) in [4.78, 5) is 16.9. The number of aromatic nitrogens is 5. The van der Waals surface area contributed by atoms with Gasteiger partial charge in [-0.3, -0.25) is 0 Å². The van der Waals surface area contributed by atoms with Crippen molar-refractivity contribution in [3.63, 3.8) is 0 Å². The normalized spacial score (nSPS) is 10.5. The third kappa shape index (κ3) is 3.74. The highest BCUT2D eigenvalue weighted by Crippen LogP contribution is 2.27. The molecule has 0 saturated carbocycles. The van der Waals surface area contributed by atoms with Gasteiger partial charge in [0.15, 0.2) is 4.34 Å². The third-order valence-corrected chi connectivity index (χ3v) is 3.69. The van der Waals surface area contributed by atoms with E-state index < -0.39 is 0 Å². The molecule has 9 heteroatoms. The predicted octanol–water partition coefficient (Wildman–Crippen LogP) is 1.88. The van der Waals surface area contributed by atoms with E-state index in [9.17, 15) is 0 Å². The first-order chi connectivity index (χ1) is 9.25. The maximum absolute atomic E-state index is 5.30. The molecule has 1 N–H and O–H groups in total. The van der Waals surface area contributed by atoms with Crippen molar-refractivity contribution in [1.82, 2.24) is 24.3 Å². The Morgan fingerprint density at radius 2 is 2.05 bits per heavy atom. The number of hydrogen-bond acceptors (Lipinski definition) is 9. The van der Waals surface area contributed by atoms with Crippen molar-refractivity contribution < 1.29 is 4.74 Å². The molecule has 2 aromatic rings. The Bertz CT molecular complexity index is 547. The molecule has 0 aliphatic heterocycles. The highest BCUT2D eigenvalue weighted by molar-refractivity contribution is 8.00. The van der Waals surface area contributed by atoms with Crippen LogP contribution >= 0.6 is 23.3 Å². The first kappa shape index (κ1) is 13.9. The van der Waals surface area contributed by atoms with Gasteiger partial charge in [-0.05, 0) is 30.2 Å². The van der Waals surface area contributed by atoms with Gasteiger partial charge in [-0.1, -0.05) is 6.92 Å². The van der Waals surface area contributed by atoms with E-state index in [1.807, 2.05) is 13.8 Å². The van der Waals surface area contributed by atoms with Gasteiger partial charge in [-0.2, -0.15) is 19.3 Å². The van der Waals surface area contributed by atoms with Crippen LogP contribution in [0.3, 0.4) is 0 Å². The van der Waals surface area contributed by atoms with Crippen LogP contribution in [0, 0.1) is 0 Å². The summed E-state index contributed by atoms with van der Waals surface area (Å²) >= 11 is 2.70. The summed E-state index contributed by atoms with van der Waals surface area (Å²) in [5.41, 5.74) is 0. The van der Waals surface area contributed by atoms with Gasteiger partial charge in [0.05, 0.1) is 6.61 Å². The summed E-state index contributed by atoms with van der Waals surface area (Å²) in [7, 11) is 1.75. The van der Waals surface area contributed by atoms with Crippen molar-refractivity contribution in [3.8, 4) is 6.01 Å². The van der Waals surface area contributed by atoms with Crippen LogP contribution in [0.1, 0.15) is 19.7 Å². The van der Waals surface area contributed by atoms with Crippen LogP contribution in [0.15, 0.2) is 9.50 Å². The van der Waals surface area contributed by atoms with Crippen molar-refractivity contribution in [2.75, 3.05) is 19.0 Å². The van der Waals surface area contributed by atoms with Gasteiger partial charge >= 0.3 is 6.01 Å². The van der Waals surface area contributed by atoms with Crippen molar-refractivity contribution >= 4 is 29.2 Å². The number of nitrogens with zero attached hydrogens (tertiary/aromatic N) is 5. The zero-order chi connectivity index (χ0) is 13.7. The first-order valence-corrected chi connectivity index (χ1v) is 7.41. The fourth-order valence-electron chi connectivity index (χ4n) is 1.19. The molecule has 0 radical (unpaired) electrons. The van der Waals surface area contributed by atoms with Crippen molar-refractivity contribution in [1.29, 1.82) is 0 Å². The first-order valence-electron chi connectivity index (χ1n) is 5.82. The van der Waals surface area contributed by atoms with Gasteiger partial charge < -0.3 is 10.1 Å². The van der Waals surface area contributed by atoms with Crippen molar-refractivity contribution in [2.45, 2.75) is 29.8 Å². The van der Waals surface area contributed by atoms with Gasteiger partial charge in [0.1, 0.15) is 5.82 Å². The summed E-state index contributed by atoms with van der Waals surface area (Å²) < 4.78 is 10.3. The lowest BCUT2D eigenvalue weighted by molar-refractivity contribution is 0.308. The Labute approximate surface area is 119 Å². The Balaban J connectivity index is 2.20. The smallest absolute Gasteiger partial charge is 0.322 e. The van der Waals surface area contributed by atoms with Gasteiger partial charge in [0.25, 0.3) is 0 Å². The van der Waals surface area contributed by atoms with Crippen LogP contribution in [-0.4, -0.2) is 38.0 Å². The lowest BCUT2D eigenvalue weighted by Crippen LogP contribution is -2.04. The summed E-state index contributed by atoms with van der Waals surface area (Å²) in [5.74, 6) is 1.31. The maximum Gasteiger partial charge on any atom is 0.322 e. The molecule has 0 saturated heterocycles. The summed E-state index contributed by atoms with van der Waals surface area (Å²) in [6.07, 6.45) is 0.820. The zero-order valence-electron chi connectivity index (χ0n) is 10.9. The van der Waals surface area contributed by atoms with Crippen LogP contribution in [0.4, 0.5) is 5.95 Å². The number of nitrogens with one attached hydrogen (secondary N) is 1. The van der Waals surface area contributed by atoms with Crippen LogP contribution in [0.5, 0.6) is 6.01 Å². The van der Waals surface area contributed by atoms with Crippen molar-refractivity contribution in [2.24, 2.45) is 0 Å². The molecular formula is C10H14N6OS2. The number of hydrogen-bond donors (Lipinski definition) is 1. The summed E-state index contributed by atoms with van der Waals surface area (Å²) in [5, 5.41) is 3.42. The van der Waals surface area contributed by atoms with Crippen molar-refractivity contribution in [3.05, 3.63) is 5.82 Å². The molecule has 0 atom stereocenters. The molecule has 0 aromatic carbocycles. The quantitative estimate of drug-likeness (QED) is 0.865. The fraction of sp³-hybridized carbons (Fsp3) is 0.500. The molecule has 0 bridgehead atoms. The van der Waals surface area contributed by atoms with E-state index in [1.54, 1.807) is 7.05 Å². The van der Waals surface area contributed by atoms with E-state index in [4.69, 9.17) is 4.74 Å². The van der Waals surface area contributed by atoms with E-state index in [-0.39, 0.29) is 0 Å². The molecule has 0 amide bonds. The second kappa shape index (κ2) is 6.62. The number of ether oxygens (including phenoxy) is 1. The number of aryl methyl sites for hydroxylation is 1. The minimum atomic E-state index is 0.310. The second-order valence-electron chi connectivity index (χ2n) is 3.34. The molecular weight excluding hydrogens is 284 g/mol. The monoisotopic (exact) mass is 298 g/mol. The molecule has 7 nitrogen and oxygen atoms in total. The van der Waals surface area contributed by atoms with Crippen LogP contribution in [0.25, 0.3) is 0 Å². The van der Waals surface area contributed by atoms with E-state index in [0.29, 0.717) is 23.7 Å². The summed E-state index contributed by atoms with van der Waals surface area (Å²) in [6, 6.07) is 0.310. The average molecular weight is 298 g/mol. The SMILES string of the molecule is CCOc1nc(NC)nc(Sc2nc(CC)ns2)n1. The highest BCUT2D eigenvalue weighted by Gasteiger charge is 2.11. The van der Waals surface area contributed by atoms with Crippen LogP contribution in [0.2, 0.25) is 0 Å². The molecule has 2 aromatic heterocycles. The highest BCUT2D eigenvalue weighted by atomic mass is 32.2. The standard InChI is InChI=1S/C10H14N6OS2/c1-4-6-12-10(19-16-6)18-9-14-7(11-3)13-8(15-9)17-5-2/h4-5H2,1-3H3,(H,11,13,14,15). The fourth-order valence-corrected chi connectivity index (χ4v) is 2.74. The number of anilines is 1. The Hall–Kier alpha value is -1.48. The van der Waals surface area contributed by atoms with Crippen LogP contribution < -0.4 is 10.1 Å². The minimum Gasteiger partial charge on any atom is -0.464 e. The maximum atomic E-state index is 5.30. The largest absolute Gasteiger partial charge is 0.464 e. The third-order valence-electron chi connectivity index (χ3n) is 2.04. The topological polar surface area (TPSA) is 85.7 Å². The zero-order valence-corrected chi connectivity index (χ0v) is 12.5. The lowest BCUT2D eigenvalue weighted by atomic mass is 10.5. The molecule has 19 heavy (non-hydrogen) atoms. The Kier molecular flexibility index (Phi) is 4.86. The second-order valence-corrected chi connectivity index (χ2v) is 5.31. The Morgan fingerprint density at radius 1 is 1.21 bits per heavy atom. The molecule has 2 rings (SSSR count). The van der Waals surface area contributed by atoms with E-state index in [0.717, 1.165) is 16.6 Å². The Morgan fingerprint density at radius 3 is 2.68 bits per heavy atom. The van der Waals surface area contributed by atoms with E-state index >= 15 is 0 Å². The molecule has 0 unspecified atom stereocenters. The molecule has 0 spiro atoms. The molecule has 102 valence electrons. The van der Waals surface area contributed by atoms with E-state index in [1.165, 1.54) is 23.3 Å². The van der Waals surface area contributed by atoms with Crippen LogP contribution in [-0.2, 0) is 6.42 Å². The molecule has 0 fully saturated rings. The van der Waals surface area contributed by atoms with E-state index in [2.05, 4.69) is 29.6 Å². The van der Waals surface area contributed by atoms with Gasteiger partial charge in [0.2, 0.25) is 11.1 Å². The lowest BCUT2D eigenvalue weighted by Gasteiger charge is -2.04. The van der Waals surface area contributed by atoms with Gasteiger partial charge in [-0.15, -0.1) is 0 Å². The summed E-state index contributed by atoms with van der Waals surface area (Å²) in [6.45, 7) is 4.41.